The molecule has 2 aromatic rings. The number of carbonyl (C=O) groups is 1. The SMILES string of the molecule is CCn1ncnc1[C@@H](NC(=O)c1cc2c(cc1C)OCCO2)C1CC1. The van der Waals surface area contributed by atoms with E-state index in [0.29, 0.717) is 36.2 Å². The molecule has 1 N–H and O–H groups in total. The quantitative estimate of drug-likeness (QED) is 0.902. The molecule has 25 heavy (non-hydrogen) atoms. The minimum Gasteiger partial charge on any atom is -0.486 e. The minimum absolute atomic E-state index is 0.109. The van der Waals surface area contributed by atoms with Gasteiger partial charge >= 0.3 is 0 Å². The zero-order valence-electron chi connectivity index (χ0n) is 14.5. The zero-order chi connectivity index (χ0) is 17.4. The van der Waals surface area contributed by atoms with Gasteiger partial charge in [-0.05, 0) is 50.3 Å². The number of hydrogen-bond donors (Lipinski definition) is 1. The summed E-state index contributed by atoms with van der Waals surface area (Å²) in [6, 6.07) is 3.53. The van der Waals surface area contributed by atoms with Crippen LogP contribution in [0.25, 0.3) is 0 Å². The number of fused-ring (bicyclic) bond motifs is 1. The van der Waals surface area contributed by atoms with Gasteiger partial charge in [0.05, 0.1) is 6.04 Å². The van der Waals surface area contributed by atoms with Gasteiger partial charge in [-0.25, -0.2) is 9.67 Å². The predicted molar refractivity (Wildman–Crippen MR) is 90.8 cm³/mol. The van der Waals surface area contributed by atoms with Crippen molar-refractivity contribution in [1.29, 1.82) is 0 Å². The first-order valence-electron chi connectivity index (χ1n) is 8.76. The minimum atomic E-state index is -0.114. The van der Waals surface area contributed by atoms with E-state index in [2.05, 4.69) is 15.4 Å². The molecule has 1 aromatic carbocycles. The van der Waals surface area contributed by atoms with Crippen LogP contribution in [0, 0.1) is 12.8 Å². The predicted octanol–water partition coefficient (Wildman–Crippen LogP) is 2.26. The van der Waals surface area contributed by atoms with Crippen LogP contribution in [0.3, 0.4) is 0 Å². The third kappa shape index (κ3) is 3.06. The molecule has 0 saturated heterocycles. The Labute approximate surface area is 146 Å². The highest BCUT2D eigenvalue weighted by Crippen LogP contribution is 2.41. The van der Waals surface area contributed by atoms with Crippen LogP contribution in [-0.4, -0.2) is 33.9 Å². The highest BCUT2D eigenvalue weighted by atomic mass is 16.6. The maximum atomic E-state index is 12.9. The number of aromatic nitrogens is 3. The molecule has 0 bridgehead atoms. The third-order valence-electron chi connectivity index (χ3n) is 4.74. The van der Waals surface area contributed by atoms with Crippen molar-refractivity contribution in [1.82, 2.24) is 20.1 Å². The smallest absolute Gasteiger partial charge is 0.252 e. The summed E-state index contributed by atoms with van der Waals surface area (Å²) in [5.74, 6) is 2.47. The van der Waals surface area contributed by atoms with E-state index in [1.165, 1.54) is 0 Å². The first kappa shape index (κ1) is 15.9. The summed E-state index contributed by atoms with van der Waals surface area (Å²) in [5, 5.41) is 7.40. The maximum absolute atomic E-state index is 12.9. The molecule has 132 valence electrons. The lowest BCUT2D eigenvalue weighted by Gasteiger charge is -2.22. The molecule has 1 amide bonds. The Hall–Kier alpha value is -2.57. The number of nitrogens with one attached hydrogen (secondary N) is 1. The molecule has 7 heteroatoms. The summed E-state index contributed by atoms with van der Waals surface area (Å²) in [4.78, 5) is 17.3. The van der Waals surface area contributed by atoms with Crippen LogP contribution >= 0.6 is 0 Å². The highest BCUT2D eigenvalue weighted by Gasteiger charge is 2.36. The Bertz CT molecular complexity index is 798. The van der Waals surface area contributed by atoms with Crippen molar-refractivity contribution >= 4 is 5.91 Å². The summed E-state index contributed by atoms with van der Waals surface area (Å²) < 4.78 is 13.0. The van der Waals surface area contributed by atoms with Crippen LogP contribution in [0.4, 0.5) is 0 Å². The number of hydrogen-bond acceptors (Lipinski definition) is 5. The van der Waals surface area contributed by atoms with Gasteiger partial charge in [-0.2, -0.15) is 5.10 Å². The Kier molecular flexibility index (Phi) is 4.07. The van der Waals surface area contributed by atoms with Crippen molar-refractivity contribution in [3.8, 4) is 11.5 Å². The second kappa shape index (κ2) is 6.38. The molecule has 1 aliphatic carbocycles. The van der Waals surface area contributed by atoms with Gasteiger partial charge in [0.2, 0.25) is 0 Å². The number of amides is 1. The van der Waals surface area contributed by atoms with E-state index < -0.39 is 0 Å². The van der Waals surface area contributed by atoms with Gasteiger partial charge in [0.25, 0.3) is 5.91 Å². The molecule has 7 nitrogen and oxygen atoms in total. The Balaban J connectivity index is 1.60. The van der Waals surface area contributed by atoms with Gasteiger partial charge in [-0.3, -0.25) is 4.79 Å². The van der Waals surface area contributed by atoms with Crippen LogP contribution in [0.2, 0.25) is 0 Å². The summed E-state index contributed by atoms with van der Waals surface area (Å²) in [6.45, 7) is 5.70. The van der Waals surface area contributed by atoms with E-state index in [4.69, 9.17) is 9.47 Å². The Morgan fingerprint density at radius 1 is 1.32 bits per heavy atom. The van der Waals surface area contributed by atoms with Crippen molar-refractivity contribution in [2.24, 2.45) is 5.92 Å². The number of nitrogens with zero attached hydrogens (tertiary/aromatic N) is 3. The number of benzene rings is 1. The molecular weight excluding hydrogens is 320 g/mol. The first-order chi connectivity index (χ1) is 12.2. The van der Waals surface area contributed by atoms with Crippen molar-refractivity contribution < 1.29 is 14.3 Å². The molecule has 0 unspecified atom stereocenters. The number of ether oxygens (including phenoxy) is 2. The molecule has 4 rings (SSSR count). The van der Waals surface area contributed by atoms with E-state index in [9.17, 15) is 4.79 Å². The molecule has 0 radical (unpaired) electrons. The van der Waals surface area contributed by atoms with Gasteiger partial charge in [0, 0.05) is 12.1 Å². The van der Waals surface area contributed by atoms with Gasteiger partial charge < -0.3 is 14.8 Å². The molecule has 0 spiro atoms. The fourth-order valence-corrected chi connectivity index (χ4v) is 3.23. The lowest BCUT2D eigenvalue weighted by Crippen LogP contribution is -2.32. The van der Waals surface area contributed by atoms with Crippen LogP contribution in [0.15, 0.2) is 18.5 Å². The van der Waals surface area contributed by atoms with Gasteiger partial charge in [-0.15, -0.1) is 0 Å². The van der Waals surface area contributed by atoms with Crippen LogP contribution < -0.4 is 14.8 Å². The van der Waals surface area contributed by atoms with E-state index >= 15 is 0 Å². The van der Waals surface area contributed by atoms with Crippen LogP contribution in [0.1, 0.15) is 47.6 Å². The Morgan fingerprint density at radius 3 is 2.72 bits per heavy atom. The topological polar surface area (TPSA) is 78.3 Å². The zero-order valence-corrected chi connectivity index (χ0v) is 14.5. The van der Waals surface area contributed by atoms with Gasteiger partial charge in [-0.1, -0.05) is 0 Å². The van der Waals surface area contributed by atoms with Crippen molar-refractivity contribution in [3.05, 3.63) is 35.4 Å². The summed E-state index contributed by atoms with van der Waals surface area (Å²) in [7, 11) is 0. The average Bonchev–Trinajstić information content (AvgIpc) is 3.35. The molecule has 2 aliphatic rings. The largest absolute Gasteiger partial charge is 0.486 e. The summed E-state index contributed by atoms with van der Waals surface area (Å²) in [5.41, 5.74) is 1.48. The maximum Gasteiger partial charge on any atom is 0.252 e. The van der Waals surface area contributed by atoms with Crippen molar-refractivity contribution in [3.63, 3.8) is 0 Å². The standard InChI is InChI=1S/C18H22N4O3/c1-3-22-17(19-10-20-22)16(12-4-5-12)21-18(23)13-9-15-14(8-11(13)2)24-6-7-25-15/h8-10,12,16H,3-7H2,1-2H3,(H,21,23)/t16-/m0/s1. The number of carbonyl (C=O) groups excluding carboxylic acids is 1. The van der Waals surface area contributed by atoms with E-state index in [1.54, 1.807) is 12.4 Å². The third-order valence-corrected chi connectivity index (χ3v) is 4.74. The normalized spacial score (nSPS) is 17.2. The van der Waals surface area contributed by atoms with Crippen molar-refractivity contribution in [2.75, 3.05) is 13.2 Å². The fraction of sp³-hybridized carbons (Fsp3) is 0.500. The lowest BCUT2D eigenvalue weighted by atomic mass is 10.0. The van der Waals surface area contributed by atoms with Gasteiger partial charge in [0.1, 0.15) is 25.4 Å². The molecule has 1 atom stereocenters. The van der Waals surface area contributed by atoms with E-state index in [1.807, 2.05) is 24.6 Å². The number of rotatable bonds is 5. The lowest BCUT2D eigenvalue weighted by molar-refractivity contribution is 0.0926. The molecule has 1 fully saturated rings. The summed E-state index contributed by atoms with van der Waals surface area (Å²) >= 11 is 0. The number of aryl methyl sites for hydroxylation is 2. The van der Waals surface area contributed by atoms with E-state index in [-0.39, 0.29) is 11.9 Å². The van der Waals surface area contributed by atoms with Gasteiger partial charge in [0.15, 0.2) is 11.5 Å². The molecule has 1 aromatic heterocycles. The highest BCUT2D eigenvalue weighted by molar-refractivity contribution is 5.96. The monoisotopic (exact) mass is 342 g/mol. The molecular formula is C18H22N4O3. The van der Waals surface area contributed by atoms with Crippen molar-refractivity contribution in [2.45, 2.75) is 39.3 Å². The Morgan fingerprint density at radius 2 is 2.04 bits per heavy atom. The van der Waals surface area contributed by atoms with Crippen LogP contribution in [-0.2, 0) is 6.54 Å². The molecule has 2 heterocycles. The fourth-order valence-electron chi connectivity index (χ4n) is 3.23. The second-order valence-electron chi connectivity index (χ2n) is 6.53. The molecule has 1 saturated carbocycles. The second-order valence-corrected chi connectivity index (χ2v) is 6.53. The first-order valence-corrected chi connectivity index (χ1v) is 8.76. The average molecular weight is 342 g/mol. The van der Waals surface area contributed by atoms with E-state index in [0.717, 1.165) is 30.8 Å². The molecule has 1 aliphatic heterocycles. The van der Waals surface area contributed by atoms with Crippen LogP contribution in [0.5, 0.6) is 11.5 Å². The summed E-state index contributed by atoms with van der Waals surface area (Å²) in [6.07, 6.45) is 3.75.